The molecular formula is C14H12ClNO2. The Balaban J connectivity index is 2.11. The van der Waals surface area contributed by atoms with Crippen molar-refractivity contribution in [2.24, 2.45) is 0 Å². The number of carbonyl (C=O) groups excluding carboxylic acids is 1. The number of hydrogen-bond donors (Lipinski definition) is 1. The van der Waals surface area contributed by atoms with Gasteiger partial charge in [-0.15, -0.1) is 0 Å². The van der Waals surface area contributed by atoms with Crippen molar-refractivity contribution in [2.45, 2.75) is 6.61 Å². The van der Waals surface area contributed by atoms with Crippen molar-refractivity contribution in [1.82, 2.24) is 0 Å². The van der Waals surface area contributed by atoms with Crippen LogP contribution in [0.25, 0.3) is 0 Å². The van der Waals surface area contributed by atoms with Crippen LogP contribution in [0.5, 0.6) is 5.75 Å². The lowest BCUT2D eigenvalue weighted by Gasteiger charge is -2.11. The van der Waals surface area contributed by atoms with E-state index in [9.17, 15) is 4.79 Å². The average molecular weight is 262 g/mol. The molecule has 4 heteroatoms. The van der Waals surface area contributed by atoms with Crippen LogP contribution in [-0.4, -0.2) is 6.41 Å². The minimum atomic E-state index is 0.440. The van der Waals surface area contributed by atoms with Crippen LogP contribution in [0, 0.1) is 0 Å². The summed E-state index contributed by atoms with van der Waals surface area (Å²) in [5, 5.41) is 3.11. The third kappa shape index (κ3) is 3.25. The van der Waals surface area contributed by atoms with E-state index in [1.54, 1.807) is 18.2 Å². The highest BCUT2D eigenvalue weighted by Gasteiger charge is 2.04. The summed E-state index contributed by atoms with van der Waals surface area (Å²) in [7, 11) is 0. The number of amides is 1. The van der Waals surface area contributed by atoms with Crippen molar-refractivity contribution in [3.63, 3.8) is 0 Å². The molecule has 0 saturated heterocycles. The maximum absolute atomic E-state index is 10.5. The lowest BCUT2D eigenvalue weighted by atomic mass is 10.2. The van der Waals surface area contributed by atoms with Crippen molar-refractivity contribution in [3.05, 3.63) is 59.1 Å². The Hall–Kier alpha value is -2.00. The summed E-state index contributed by atoms with van der Waals surface area (Å²) in [6, 6.07) is 14.9. The molecule has 0 aliphatic carbocycles. The van der Waals surface area contributed by atoms with E-state index in [1.165, 1.54) is 0 Å². The zero-order valence-electron chi connectivity index (χ0n) is 9.60. The first-order chi connectivity index (χ1) is 8.79. The number of carbonyl (C=O) groups is 1. The van der Waals surface area contributed by atoms with Crippen molar-refractivity contribution >= 4 is 23.7 Å². The molecule has 2 aromatic rings. The van der Waals surface area contributed by atoms with Gasteiger partial charge in [0.15, 0.2) is 0 Å². The Morgan fingerprint density at radius 2 is 1.94 bits per heavy atom. The lowest BCUT2D eigenvalue weighted by Crippen LogP contribution is -2.00. The molecule has 0 atom stereocenters. The maximum atomic E-state index is 10.5. The van der Waals surface area contributed by atoms with Gasteiger partial charge in [0, 0.05) is 5.02 Å². The van der Waals surface area contributed by atoms with Gasteiger partial charge in [0.1, 0.15) is 12.4 Å². The number of anilines is 1. The van der Waals surface area contributed by atoms with Crippen LogP contribution in [0.15, 0.2) is 48.5 Å². The second kappa shape index (κ2) is 6.07. The molecule has 1 amide bonds. The summed E-state index contributed by atoms with van der Waals surface area (Å²) in [5.74, 6) is 0.593. The zero-order chi connectivity index (χ0) is 12.8. The van der Waals surface area contributed by atoms with Crippen molar-refractivity contribution in [2.75, 3.05) is 5.32 Å². The van der Waals surface area contributed by atoms with Gasteiger partial charge in [-0.3, -0.25) is 4.79 Å². The van der Waals surface area contributed by atoms with Gasteiger partial charge < -0.3 is 10.1 Å². The molecule has 2 aromatic carbocycles. The first-order valence-electron chi connectivity index (χ1n) is 5.46. The Bertz CT molecular complexity index is 529. The fourth-order valence-corrected chi connectivity index (χ4v) is 1.71. The number of halogens is 1. The molecule has 0 aliphatic heterocycles. The smallest absolute Gasteiger partial charge is 0.211 e. The molecule has 0 aromatic heterocycles. The SMILES string of the molecule is O=CNc1cc(Cl)ccc1OCc1ccccc1. The fraction of sp³-hybridized carbons (Fsp3) is 0.0714. The van der Waals surface area contributed by atoms with Gasteiger partial charge >= 0.3 is 0 Å². The quantitative estimate of drug-likeness (QED) is 0.837. The predicted octanol–water partition coefficient (Wildman–Crippen LogP) is 3.49. The van der Waals surface area contributed by atoms with Gasteiger partial charge in [0.05, 0.1) is 5.69 Å². The molecule has 0 aliphatic rings. The van der Waals surface area contributed by atoms with E-state index in [-0.39, 0.29) is 0 Å². The average Bonchev–Trinajstić information content (AvgIpc) is 2.39. The topological polar surface area (TPSA) is 38.3 Å². The predicted molar refractivity (Wildman–Crippen MR) is 71.9 cm³/mol. The van der Waals surface area contributed by atoms with E-state index in [4.69, 9.17) is 16.3 Å². The summed E-state index contributed by atoms with van der Waals surface area (Å²) >= 11 is 5.86. The molecule has 0 saturated carbocycles. The van der Waals surface area contributed by atoms with E-state index < -0.39 is 0 Å². The van der Waals surface area contributed by atoms with E-state index in [1.807, 2.05) is 30.3 Å². The van der Waals surface area contributed by atoms with Crippen LogP contribution in [0.3, 0.4) is 0 Å². The van der Waals surface area contributed by atoms with Crippen molar-refractivity contribution in [1.29, 1.82) is 0 Å². The number of hydrogen-bond acceptors (Lipinski definition) is 2. The monoisotopic (exact) mass is 261 g/mol. The Kier molecular flexibility index (Phi) is 4.20. The van der Waals surface area contributed by atoms with Crippen LogP contribution in [-0.2, 0) is 11.4 Å². The van der Waals surface area contributed by atoms with E-state index in [0.717, 1.165) is 5.56 Å². The number of nitrogens with one attached hydrogen (secondary N) is 1. The minimum Gasteiger partial charge on any atom is -0.487 e. The Morgan fingerprint density at radius 1 is 1.17 bits per heavy atom. The van der Waals surface area contributed by atoms with E-state index in [0.29, 0.717) is 29.5 Å². The molecule has 3 nitrogen and oxygen atoms in total. The van der Waals surface area contributed by atoms with Gasteiger partial charge in [-0.1, -0.05) is 41.9 Å². The van der Waals surface area contributed by atoms with Crippen molar-refractivity contribution in [3.8, 4) is 5.75 Å². The lowest BCUT2D eigenvalue weighted by molar-refractivity contribution is -0.105. The molecule has 2 rings (SSSR count). The molecule has 1 N–H and O–H groups in total. The molecule has 92 valence electrons. The van der Waals surface area contributed by atoms with E-state index in [2.05, 4.69) is 5.32 Å². The van der Waals surface area contributed by atoms with Gasteiger partial charge in [-0.25, -0.2) is 0 Å². The first kappa shape index (κ1) is 12.5. The van der Waals surface area contributed by atoms with Gasteiger partial charge in [-0.05, 0) is 23.8 Å². The van der Waals surface area contributed by atoms with Crippen LogP contribution in [0.4, 0.5) is 5.69 Å². The van der Waals surface area contributed by atoms with Crippen LogP contribution in [0.2, 0.25) is 5.02 Å². The summed E-state index contributed by atoms with van der Waals surface area (Å²) in [5.41, 5.74) is 1.62. The standard InChI is InChI=1S/C14H12ClNO2/c15-12-6-7-14(13(8-12)16-10-17)18-9-11-4-2-1-3-5-11/h1-8,10H,9H2,(H,16,17). The summed E-state index contributed by atoms with van der Waals surface area (Å²) < 4.78 is 5.65. The molecule has 0 spiro atoms. The summed E-state index contributed by atoms with van der Waals surface area (Å²) in [6.07, 6.45) is 0.598. The Labute approximate surface area is 110 Å². The highest BCUT2D eigenvalue weighted by Crippen LogP contribution is 2.28. The molecule has 0 unspecified atom stereocenters. The molecule has 0 bridgehead atoms. The summed E-state index contributed by atoms with van der Waals surface area (Å²) in [6.45, 7) is 0.440. The van der Waals surface area contributed by atoms with Gasteiger partial charge in [0.25, 0.3) is 0 Å². The molecule has 0 heterocycles. The van der Waals surface area contributed by atoms with Crippen LogP contribution in [0.1, 0.15) is 5.56 Å². The maximum Gasteiger partial charge on any atom is 0.211 e. The van der Waals surface area contributed by atoms with Gasteiger partial charge in [0.2, 0.25) is 6.41 Å². The highest BCUT2D eigenvalue weighted by molar-refractivity contribution is 6.31. The zero-order valence-corrected chi connectivity index (χ0v) is 10.4. The van der Waals surface area contributed by atoms with Crippen LogP contribution < -0.4 is 10.1 Å². The second-order valence-corrected chi connectivity index (χ2v) is 4.11. The number of rotatable bonds is 5. The second-order valence-electron chi connectivity index (χ2n) is 3.68. The first-order valence-corrected chi connectivity index (χ1v) is 5.84. The third-order valence-electron chi connectivity index (χ3n) is 2.39. The highest BCUT2D eigenvalue weighted by atomic mass is 35.5. The summed E-state index contributed by atoms with van der Waals surface area (Å²) in [4.78, 5) is 10.5. The van der Waals surface area contributed by atoms with Crippen LogP contribution >= 0.6 is 11.6 Å². The molecule has 18 heavy (non-hydrogen) atoms. The van der Waals surface area contributed by atoms with Gasteiger partial charge in [-0.2, -0.15) is 0 Å². The third-order valence-corrected chi connectivity index (χ3v) is 2.63. The molecule has 0 fully saturated rings. The minimum absolute atomic E-state index is 0.440. The molecule has 0 radical (unpaired) electrons. The number of benzene rings is 2. The largest absolute Gasteiger partial charge is 0.487 e. The Morgan fingerprint density at radius 3 is 2.67 bits per heavy atom. The van der Waals surface area contributed by atoms with Crippen molar-refractivity contribution < 1.29 is 9.53 Å². The normalized spacial score (nSPS) is 9.83. The fourth-order valence-electron chi connectivity index (χ4n) is 1.54. The molecular weight excluding hydrogens is 250 g/mol. The van der Waals surface area contributed by atoms with E-state index >= 15 is 0 Å². The number of ether oxygens (including phenoxy) is 1.